The van der Waals surface area contributed by atoms with Crippen LogP contribution in [0.2, 0.25) is 0 Å². The second-order valence-electron chi connectivity index (χ2n) is 8.26. The van der Waals surface area contributed by atoms with Crippen LogP contribution in [0, 0.1) is 23.5 Å². The van der Waals surface area contributed by atoms with Crippen molar-refractivity contribution in [1.29, 1.82) is 0 Å². The van der Waals surface area contributed by atoms with Gasteiger partial charge in [-0.15, -0.1) is 0 Å². The molecule has 2 aliphatic rings. The van der Waals surface area contributed by atoms with Crippen molar-refractivity contribution in [3.05, 3.63) is 23.8 Å². The minimum Gasteiger partial charge on any atom is -0.491 e. The van der Waals surface area contributed by atoms with E-state index in [1.807, 2.05) is 0 Å². The largest absolute Gasteiger partial charge is 0.491 e. The lowest BCUT2D eigenvalue weighted by Gasteiger charge is -2.37. The molecule has 170 valence electrons. The predicted octanol–water partition coefficient (Wildman–Crippen LogP) is 5.73. The molecule has 1 aliphatic heterocycles. The van der Waals surface area contributed by atoms with Gasteiger partial charge in [-0.3, -0.25) is 0 Å². The summed E-state index contributed by atoms with van der Waals surface area (Å²) in [5.41, 5.74) is 0. The van der Waals surface area contributed by atoms with Gasteiger partial charge in [0.25, 0.3) is 0 Å². The number of ether oxygens (including phenoxy) is 4. The highest BCUT2D eigenvalue weighted by Gasteiger charge is 2.37. The lowest BCUT2D eigenvalue weighted by atomic mass is 9.78. The molecular weight excluding hydrogens is 404 g/mol. The van der Waals surface area contributed by atoms with Crippen LogP contribution in [0.5, 0.6) is 11.5 Å². The van der Waals surface area contributed by atoms with Gasteiger partial charge in [0.15, 0.2) is 18.1 Å². The number of hydrogen-bond donors (Lipinski definition) is 0. The summed E-state index contributed by atoms with van der Waals surface area (Å²) in [6, 6.07) is 1.96. The van der Waals surface area contributed by atoms with Crippen molar-refractivity contribution in [2.45, 2.75) is 70.7 Å². The van der Waals surface area contributed by atoms with Gasteiger partial charge in [0.2, 0.25) is 11.6 Å². The zero-order valence-corrected chi connectivity index (χ0v) is 17.5. The second-order valence-corrected chi connectivity index (χ2v) is 8.26. The fourth-order valence-corrected chi connectivity index (χ4v) is 4.17. The minimum atomic E-state index is -3.81. The Morgan fingerprint density at radius 1 is 1.00 bits per heavy atom. The Labute approximate surface area is 174 Å². The maximum atomic E-state index is 14.1. The van der Waals surface area contributed by atoms with Gasteiger partial charge in [0, 0.05) is 0 Å². The summed E-state index contributed by atoms with van der Waals surface area (Å²) < 4.78 is 76.5. The Hall–Kier alpha value is -1.54. The molecule has 2 fully saturated rings. The minimum absolute atomic E-state index is 0.116. The standard InChI is InChI=1S/C22H30F4O4/c1-3-27-18-10-11-19(21(24)20(18)23)30-22(25,26)13-29-16-8-9-17(28-12-16)15-6-4-14(2)5-7-15/h10-11,14-17H,3-9,12-13H2,1-2H3. The monoisotopic (exact) mass is 434 g/mol. The van der Waals surface area contributed by atoms with Gasteiger partial charge >= 0.3 is 6.11 Å². The average molecular weight is 434 g/mol. The van der Waals surface area contributed by atoms with E-state index in [1.54, 1.807) is 6.92 Å². The van der Waals surface area contributed by atoms with Gasteiger partial charge < -0.3 is 18.9 Å². The van der Waals surface area contributed by atoms with Crippen LogP contribution in [0.25, 0.3) is 0 Å². The van der Waals surface area contributed by atoms with Gasteiger partial charge in [-0.1, -0.05) is 19.8 Å². The van der Waals surface area contributed by atoms with E-state index in [0.29, 0.717) is 12.3 Å². The van der Waals surface area contributed by atoms with Gasteiger partial charge in [0.1, 0.15) is 0 Å². The number of alkyl halides is 2. The van der Waals surface area contributed by atoms with Crippen LogP contribution in [-0.4, -0.2) is 38.1 Å². The van der Waals surface area contributed by atoms with Crippen molar-refractivity contribution in [3.8, 4) is 11.5 Å². The number of rotatable bonds is 8. The summed E-state index contributed by atoms with van der Waals surface area (Å²) in [6.07, 6.45) is 1.98. The van der Waals surface area contributed by atoms with Gasteiger partial charge in [-0.05, 0) is 56.6 Å². The van der Waals surface area contributed by atoms with Gasteiger partial charge in [-0.25, -0.2) is 0 Å². The highest BCUT2D eigenvalue weighted by atomic mass is 19.3. The van der Waals surface area contributed by atoms with Crippen molar-refractivity contribution >= 4 is 0 Å². The number of hydrogen-bond acceptors (Lipinski definition) is 4. The van der Waals surface area contributed by atoms with E-state index in [1.165, 1.54) is 12.8 Å². The fraction of sp³-hybridized carbons (Fsp3) is 0.727. The number of benzene rings is 1. The first kappa shape index (κ1) is 23.1. The summed E-state index contributed by atoms with van der Waals surface area (Å²) in [5.74, 6) is -2.85. The molecule has 1 aromatic carbocycles. The fourth-order valence-electron chi connectivity index (χ4n) is 4.17. The van der Waals surface area contributed by atoms with Crippen molar-refractivity contribution in [2.75, 3.05) is 19.8 Å². The molecule has 1 saturated heterocycles. The van der Waals surface area contributed by atoms with Crippen molar-refractivity contribution in [1.82, 2.24) is 0 Å². The maximum absolute atomic E-state index is 14.1. The van der Waals surface area contributed by atoms with Crippen molar-refractivity contribution in [2.24, 2.45) is 11.8 Å². The summed E-state index contributed by atoms with van der Waals surface area (Å²) in [5, 5.41) is 0. The first-order valence-corrected chi connectivity index (χ1v) is 10.7. The predicted molar refractivity (Wildman–Crippen MR) is 103 cm³/mol. The molecule has 1 heterocycles. The molecule has 0 N–H and O–H groups in total. The average Bonchev–Trinajstić information content (AvgIpc) is 2.73. The zero-order chi connectivity index (χ0) is 21.7. The molecule has 2 unspecified atom stereocenters. The van der Waals surface area contributed by atoms with Crippen LogP contribution >= 0.6 is 0 Å². The second kappa shape index (κ2) is 10.2. The molecule has 0 radical (unpaired) electrons. The Morgan fingerprint density at radius 3 is 2.30 bits per heavy atom. The molecule has 1 aliphatic carbocycles. The topological polar surface area (TPSA) is 36.9 Å². The molecule has 0 bridgehead atoms. The van der Waals surface area contributed by atoms with E-state index in [9.17, 15) is 17.6 Å². The molecule has 30 heavy (non-hydrogen) atoms. The molecule has 0 spiro atoms. The zero-order valence-electron chi connectivity index (χ0n) is 17.5. The Balaban J connectivity index is 1.46. The summed E-state index contributed by atoms with van der Waals surface area (Å²) >= 11 is 0. The van der Waals surface area contributed by atoms with Crippen molar-refractivity contribution in [3.63, 3.8) is 0 Å². The molecule has 8 heteroatoms. The first-order chi connectivity index (χ1) is 14.3. The SMILES string of the molecule is CCOc1ccc(OC(F)(F)COC2CCC(C3CCC(C)CC3)OC2)c(F)c1F. The van der Waals surface area contributed by atoms with E-state index >= 15 is 0 Å². The maximum Gasteiger partial charge on any atom is 0.422 e. The summed E-state index contributed by atoms with van der Waals surface area (Å²) in [7, 11) is 0. The van der Waals surface area contributed by atoms with Crippen LogP contribution in [0.3, 0.4) is 0 Å². The van der Waals surface area contributed by atoms with E-state index in [4.69, 9.17) is 14.2 Å². The normalized spacial score (nSPS) is 27.7. The molecule has 2 atom stereocenters. The molecule has 0 amide bonds. The third-order valence-corrected chi connectivity index (χ3v) is 5.91. The lowest BCUT2D eigenvalue weighted by Crippen LogP contribution is -2.40. The summed E-state index contributed by atoms with van der Waals surface area (Å²) in [6.45, 7) is 3.15. The third-order valence-electron chi connectivity index (χ3n) is 5.91. The Kier molecular flexibility index (Phi) is 7.85. The quantitative estimate of drug-likeness (QED) is 0.490. The molecule has 4 nitrogen and oxygen atoms in total. The number of halogens is 4. The van der Waals surface area contributed by atoms with E-state index in [2.05, 4.69) is 11.7 Å². The van der Waals surface area contributed by atoms with Crippen LogP contribution in [0.15, 0.2) is 12.1 Å². The van der Waals surface area contributed by atoms with E-state index in [0.717, 1.165) is 37.3 Å². The van der Waals surface area contributed by atoms with Crippen LogP contribution in [0.4, 0.5) is 17.6 Å². The van der Waals surface area contributed by atoms with Crippen LogP contribution in [0.1, 0.15) is 52.4 Å². The summed E-state index contributed by atoms with van der Waals surface area (Å²) in [4.78, 5) is 0. The van der Waals surface area contributed by atoms with Crippen molar-refractivity contribution < 1.29 is 36.5 Å². The molecule has 1 saturated carbocycles. The Morgan fingerprint density at radius 2 is 1.67 bits per heavy atom. The highest BCUT2D eigenvalue weighted by Crippen LogP contribution is 2.36. The first-order valence-electron chi connectivity index (χ1n) is 10.7. The van der Waals surface area contributed by atoms with Crippen LogP contribution in [-0.2, 0) is 9.47 Å². The van der Waals surface area contributed by atoms with Gasteiger partial charge in [-0.2, -0.15) is 17.6 Å². The third kappa shape index (κ3) is 6.00. The molecular formula is C22H30F4O4. The molecule has 1 aromatic rings. The highest BCUT2D eigenvalue weighted by molar-refractivity contribution is 5.35. The van der Waals surface area contributed by atoms with E-state index < -0.39 is 36.2 Å². The van der Waals surface area contributed by atoms with E-state index in [-0.39, 0.29) is 25.1 Å². The molecule has 0 aromatic heterocycles. The Bertz CT molecular complexity index is 684. The lowest BCUT2D eigenvalue weighted by molar-refractivity contribution is -0.231. The van der Waals surface area contributed by atoms with Crippen LogP contribution < -0.4 is 9.47 Å². The smallest absolute Gasteiger partial charge is 0.422 e. The molecule has 3 rings (SSSR count). The van der Waals surface area contributed by atoms with Gasteiger partial charge in [0.05, 0.1) is 25.4 Å².